The first kappa shape index (κ1) is 18.5. The van der Waals surface area contributed by atoms with Crippen molar-refractivity contribution in [3.63, 3.8) is 0 Å². The van der Waals surface area contributed by atoms with Gasteiger partial charge in [0.15, 0.2) is 5.76 Å². The molecule has 2 aliphatic heterocycles. The second kappa shape index (κ2) is 7.64. The molecule has 2 aromatic rings. The van der Waals surface area contributed by atoms with Crippen LogP contribution in [0.4, 0.5) is 0 Å². The molecule has 5 nitrogen and oxygen atoms in total. The fourth-order valence-electron chi connectivity index (χ4n) is 4.67. The SMILES string of the molecule is Cc1ccc2c(C)c(C(=O)N3C[C@@H](CN4CCCCC4)[C@@H](CO)C3)oc2c1. The molecule has 0 aliphatic carbocycles. The van der Waals surface area contributed by atoms with E-state index < -0.39 is 0 Å². The second-order valence-electron chi connectivity index (χ2n) is 8.33. The minimum absolute atomic E-state index is 0.0408. The minimum atomic E-state index is -0.0408. The Morgan fingerprint density at radius 2 is 1.89 bits per heavy atom. The smallest absolute Gasteiger partial charge is 0.289 e. The first-order valence-corrected chi connectivity index (χ1v) is 10.2. The molecule has 0 bridgehead atoms. The lowest BCUT2D eigenvalue weighted by Gasteiger charge is -2.30. The fourth-order valence-corrected chi connectivity index (χ4v) is 4.67. The van der Waals surface area contributed by atoms with Crippen LogP contribution in [-0.2, 0) is 0 Å². The highest BCUT2D eigenvalue weighted by atomic mass is 16.3. The molecular weight excluding hydrogens is 340 g/mol. The van der Waals surface area contributed by atoms with Crippen molar-refractivity contribution in [1.29, 1.82) is 0 Å². The van der Waals surface area contributed by atoms with Gasteiger partial charge >= 0.3 is 0 Å². The first-order chi connectivity index (χ1) is 13.1. The molecule has 0 saturated carbocycles. The van der Waals surface area contributed by atoms with Crippen molar-refractivity contribution in [1.82, 2.24) is 9.80 Å². The van der Waals surface area contributed by atoms with E-state index in [1.165, 1.54) is 19.3 Å². The number of benzene rings is 1. The number of carbonyl (C=O) groups is 1. The fraction of sp³-hybridized carbons (Fsp3) is 0.591. The summed E-state index contributed by atoms with van der Waals surface area (Å²) in [6.07, 6.45) is 3.84. The Labute approximate surface area is 160 Å². The van der Waals surface area contributed by atoms with Crippen LogP contribution in [0.1, 0.15) is 40.9 Å². The summed E-state index contributed by atoms with van der Waals surface area (Å²) in [5.41, 5.74) is 2.81. The van der Waals surface area contributed by atoms with Crippen molar-refractivity contribution in [2.45, 2.75) is 33.1 Å². The van der Waals surface area contributed by atoms with E-state index in [1.54, 1.807) is 0 Å². The summed E-state index contributed by atoms with van der Waals surface area (Å²) < 4.78 is 5.94. The zero-order valence-corrected chi connectivity index (χ0v) is 16.4. The van der Waals surface area contributed by atoms with Gasteiger partial charge in [-0.25, -0.2) is 0 Å². The predicted molar refractivity (Wildman–Crippen MR) is 106 cm³/mol. The van der Waals surface area contributed by atoms with Crippen LogP contribution in [0.3, 0.4) is 0 Å². The maximum atomic E-state index is 13.2. The van der Waals surface area contributed by atoms with E-state index in [1.807, 2.05) is 36.9 Å². The molecule has 0 unspecified atom stereocenters. The van der Waals surface area contributed by atoms with Crippen LogP contribution in [0.25, 0.3) is 11.0 Å². The third-order valence-electron chi connectivity index (χ3n) is 6.33. The van der Waals surface area contributed by atoms with E-state index in [0.717, 1.165) is 41.7 Å². The van der Waals surface area contributed by atoms with E-state index in [9.17, 15) is 9.90 Å². The van der Waals surface area contributed by atoms with Crippen LogP contribution >= 0.6 is 0 Å². The van der Waals surface area contributed by atoms with Gasteiger partial charge in [0, 0.05) is 43.1 Å². The van der Waals surface area contributed by atoms with Crippen LogP contribution in [0.2, 0.25) is 0 Å². The number of nitrogens with zero attached hydrogens (tertiary/aromatic N) is 2. The summed E-state index contributed by atoms with van der Waals surface area (Å²) >= 11 is 0. The molecule has 3 heterocycles. The number of hydrogen-bond acceptors (Lipinski definition) is 4. The predicted octanol–water partition coefficient (Wildman–Crippen LogP) is 3.22. The number of rotatable bonds is 4. The van der Waals surface area contributed by atoms with Crippen LogP contribution in [0.5, 0.6) is 0 Å². The molecular formula is C22H30N2O3. The third-order valence-corrected chi connectivity index (χ3v) is 6.33. The van der Waals surface area contributed by atoms with E-state index in [4.69, 9.17) is 4.42 Å². The number of aryl methyl sites for hydroxylation is 2. The van der Waals surface area contributed by atoms with Gasteiger partial charge in [0.1, 0.15) is 5.58 Å². The van der Waals surface area contributed by atoms with Gasteiger partial charge in [0.25, 0.3) is 5.91 Å². The highest BCUT2D eigenvalue weighted by Crippen LogP contribution is 2.31. The first-order valence-electron chi connectivity index (χ1n) is 10.2. The maximum Gasteiger partial charge on any atom is 0.289 e. The number of amides is 1. The average Bonchev–Trinajstić information content (AvgIpc) is 3.23. The monoisotopic (exact) mass is 370 g/mol. The maximum absolute atomic E-state index is 13.2. The van der Waals surface area contributed by atoms with Crippen molar-refractivity contribution < 1.29 is 14.3 Å². The van der Waals surface area contributed by atoms with E-state index in [-0.39, 0.29) is 18.4 Å². The van der Waals surface area contributed by atoms with E-state index >= 15 is 0 Å². The van der Waals surface area contributed by atoms with Crippen molar-refractivity contribution in [3.05, 3.63) is 35.1 Å². The lowest BCUT2D eigenvalue weighted by Crippen LogP contribution is -2.37. The Kier molecular flexibility index (Phi) is 5.24. The minimum Gasteiger partial charge on any atom is -0.451 e. The standard InChI is InChI=1S/C22H30N2O3/c1-15-6-7-19-16(2)21(27-20(19)10-15)22(26)24-12-17(18(13-24)14-25)11-23-8-4-3-5-9-23/h6-7,10,17-18,25H,3-5,8-9,11-14H2,1-2H3/t17-,18-/m1/s1. The zero-order chi connectivity index (χ0) is 19.0. The average molecular weight is 370 g/mol. The van der Waals surface area contributed by atoms with E-state index in [2.05, 4.69) is 4.90 Å². The van der Waals surface area contributed by atoms with Gasteiger partial charge in [-0.1, -0.05) is 18.6 Å². The molecule has 2 atom stereocenters. The number of furan rings is 1. The Bertz CT molecular complexity index is 822. The number of likely N-dealkylation sites (tertiary alicyclic amines) is 2. The van der Waals surface area contributed by atoms with Gasteiger partial charge in [-0.15, -0.1) is 0 Å². The molecule has 1 aromatic heterocycles. The van der Waals surface area contributed by atoms with Crippen molar-refractivity contribution >= 4 is 16.9 Å². The molecule has 2 aliphatic rings. The van der Waals surface area contributed by atoms with Gasteiger partial charge in [0.2, 0.25) is 0 Å². The molecule has 0 radical (unpaired) electrons. The number of fused-ring (bicyclic) bond motifs is 1. The summed E-state index contributed by atoms with van der Waals surface area (Å²) in [5.74, 6) is 0.902. The van der Waals surface area contributed by atoms with Crippen LogP contribution in [0, 0.1) is 25.7 Å². The second-order valence-corrected chi connectivity index (χ2v) is 8.33. The number of hydrogen-bond donors (Lipinski definition) is 1. The molecule has 4 rings (SSSR count). The molecule has 5 heteroatoms. The van der Waals surface area contributed by atoms with Crippen LogP contribution in [0.15, 0.2) is 22.6 Å². The van der Waals surface area contributed by atoms with Gasteiger partial charge in [0.05, 0.1) is 0 Å². The van der Waals surface area contributed by atoms with Crippen molar-refractivity contribution in [2.75, 3.05) is 39.3 Å². The lowest BCUT2D eigenvalue weighted by atomic mass is 9.95. The molecule has 1 aromatic carbocycles. The Hall–Kier alpha value is -1.85. The topological polar surface area (TPSA) is 56.9 Å². The Balaban J connectivity index is 1.51. The molecule has 146 valence electrons. The summed E-state index contributed by atoms with van der Waals surface area (Å²) in [7, 11) is 0. The number of piperidine rings is 1. The highest BCUT2D eigenvalue weighted by molar-refractivity contribution is 5.99. The summed E-state index contributed by atoms with van der Waals surface area (Å²) in [6, 6.07) is 6.06. The van der Waals surface area contributed by atoms with Crippen LogP contribution < -0.4 is 0 Å². The normalized spacial score (nSPS) is 24.0. The molecule has 1 amide bonds. The summed E-state index contributed by atoms with van der Waals surface area (Å²) in [6.45, 7) is 8.71. The molecule has 27 heavy (non-hydrogen) atoms. The van der Waals surface area contributed by atoms with Gasteiger partial charge in [-0.05, 0) is 57.3 Å². The molecule has 1 N–H and O–H groups in total. The van der Waals surface area contributed by atoms with Gasteiger partial charge < -0.3 is 19.3 Å². The Morgan fingerprint density at radius 1 is 1.15 bits per heavy atom. The number of carbonyl (C=O) groups excluding carboxylic acids is 1. The quantitative estimate of drug-likeness (QED) is 0.898. The number of aliphatic hydroxyl groups is 1. The zero-order valence-electron chi connectivity index (χ0n) is 16.4. The molecule has 2 saturated heterocycles. The summed E-state index contributed by atoms with van der Waals surface area (Å²) in [5, 5.41) is 10.9. The van der Waals surface area contributed by atoms with Crippen molar-refractivity contribution in [3.8, 4) is 0 Å². The lowest BCUT2D eigenvalue weighted by molar-refractivity contribution is 0.0748. The largest absolute Gasteiger partial charge is 0.451 e. The van der Waals surface area contributed by atoms with E-state index in [0.29, 0.717) is 24.8 Å². The molecule has 0 spiro atoms. The van der Waals surface area contributed by atoms with Crippen molar-refractivity contribution in [2.24, 2.45) is 11.8 Å². The third kappa shape index (κ3) is 3.63. The summed E-state index contributed by atoms with van der Waals surface area (Å²) in [4.78, 5) is 17.5. The number of aliphatic hydroxyl groups excluding tert-OH is 1. The Morgan fingerprint density at radius 3 is 2.63 bits per heavy atom. The van der Waals surface area contributed by atoms with Gasteiger partial charge in [-0.2, -0.15) is 0 Å². The van der Waals surface area contributed by atoms with Crippen LogP contribution in [-0.4, -0.2) is 60.1 Å². The highest BCUT2D eigenvalue weighted by Gasteiger charge is 2.37. The molecule has 2 fully saturated rings. The van der Waals surface area contributed by atoms with Gasteiger partial charge in [-0.3, -0.25) is 4.79 Å².